The van der Waals surface area contributed by atoms with Gasteiger partial charge in [0.2, 0.25) is 11.8 Å². The van der Waals surface area contributed by atoms with Crippen LogP contribution in [0.1, 0.15) is 42.1 Å². The molecule has 5 rings (SSSR count). The molecule has 3 heterocycles. The van der Waals surface area contributed by atoms with Gasteiger partial charge in [0, 0.05) is 24.5 Å². The smallest absolute Gasteiger partial charge is 0.254 e. The van der Waals surface area contributed by atoms with Gasteiger partial charge in [-0.25, -0.2) is 13.4 Å². The first-order chi connectivity index (χ1) is 18.8. The molecule has 10 nitrogen and oxygen atoms in total. The Kier molecular flexibility index (Phi) is 7.45. The van der Waals surface area contributed by atoms with Gasteiger partial charge in [-0.05, 0) is 49.2 Å². The van der Waals surface area contributed by atoms with Gasteiger partial charge in [-0.3, -0.25) is 14.6 Å². The lowest BCUT2D eigenvalue weighted by molar-refractivity contribution is -0.126. The Morgan fingerprint density at radius 2 is 1.77 bits per heavy atom. The summed E-state index contributed by atoms with van der Waals surface area (Å²) in [5.74, 6) is -0.981. The monoisotopic (exact) mass is 548 g/mol. The van der Waals surface area contributed by atoms with E-state index in [1.807, 2.05) is 0 Å². The van der Waals surface area contributed by atoms with E-state index in [0.29, 0.717) is 23.1 Å². The van der Waals surface area contributed by atoms with Crippen molar-refractivity contribution in [1.82, 2.24) is 20.2 Å². The second kappa shape index (κ2) is 11.0. The largest absolute Gasteiger partial charge is 0.438 e. The van der Waals surface area contributed by atoms with Crippen LogP contribution in [0.15, 0.2) is 88.4 Å². The maximum atomic E-state index is 13.6. The molecule has 0 bridgehead atoms. The fourth-order valence-electron chi connectivity index (χ4n) is 4.83. The van der Waals surface area contributed by atoms with E-state index in [1.165, 1.54) is 41.6 Å². The number of amides is 2. The summed E-state index contributed by atoms with van der Waals surface area (Å²) >= 11 is 0. The first-order valence-corrected chi connectivity index (χ1v) is 14.2. The Balaban J connectivity index is 1.41. The number of carbonyl (C=O) groups is 2. The van der Waals surface area contributed by atoms with Gasteiger partial charge < -0.3 is 19.7 Å². The van der Waals surface area contributed by atoms with Crippen molar-refractivity contribution in [2.45, 2.75) is 48.1 Å². The molecule has 1 fully saturated rings. The van der Waals surface area contributed by atoms with Crippen LogP contribution in [0.4, 0.5) is 0 Å². The van der Waals surface area contributed by atoms with Crippen LogP contribution in [0.3, 0.4) is 0 Å². The molecule has 4 aromatic rings. The minimum atomic E-state index is -3.82. The van der Waals surface area contributed by atoms with E-state index in [9.17, 15) is 23.1 Å². The topological polar surface area (TPSA) is 143 Å². The van der Waals surface area contributed by atoms with Crippen LogP contribution in [0.5, 0.6) is 0 Å². The molecule has 2 N–H and O–H groups in total. The van der Waals surface area contributed by atoms with Crippen molar-refractivity contribution in [3.8, 4) is 0 Å². The predicted octanol–water partition coefficient (Wildman–Crippen LogP) is 2.91. The number of nitrogens with zero attached hydrogens (tertiary/aromatic N) is 3. The Morgan fingerprint density at radius 3 is 2.46 bits per heavy atom. The highest BCUT2D eigenvalue weighted by molar-refractivity contribution is 7.92. The number of fused-ring (bicyclic) bond motifs is 1. The highest BCUT2D eigenvalue weighted by Crippen LogP contribution is 2.30. The van der Waals surface area contributed by atoms with Crippen molar-refractivity contribution >= 4 is 32.8 Å². The maximum Gasteiger partial charge on any atom is 0.254 e. The summed E-state index contributed by atoms with van der Waals surface area (Å²) in [5.41, 5.74) is 1.37. The number of aliphatic hydroxyl groups excluding tert-OH is 1. The first kappa shape index (κ1) is 26.5. The van der Waals surface area contributed by atoms with Crippen LogP contribution < -0.4 is 5.32 Å². The molecule has 39 heavy (non-hydrogen) atoms. The van der Waals surface area contributed by atoms with Crippen LogP contribution in [-0.4, -0.2) is 64.1 Å². The number of carbonyl (C=O) groups excluding carboxylic acids is 2. The molecule has 0 aliphatic carbocycles. The third kappa shape index (κ3) is 5.27. The van der Waals surface area contributed by atoms with Crippen molar-refractivity contribution in [1.29, 1.82) is 0 Å². The van der Waals surface area contributed by atoms with E-state index in [1.54, 1.807) is 49.4 Å². The quantitative estimate of drug-likeness (QED) is 0.342. The Hall–Kier alpha value is -4.09. The zero-order chi connectivity index (χ0) is 27.6. The molecule has 0 saturated carbocycles. The molecule has 4 atom stereocenters. The minimum absolute atomic E-state index is 0.0593. The summed E-state index contributed by atoms with van der Waals surface area (Å²) in [6.45, 7) is 1.63. The number of nitrogens with one attached hydrogen (secondary N) is 1. The Morgan fingerprint density at radius 1 is 1.08 bits per heavy atom. The number of hydrogen-bond donors (Lipinski definition) is 2. The average Bonchev–Trinajstić information content (AvgIpc) is 3.62. The first-order valence-electron chi connectivity index (χ1n) is 12.6. The van der Waals surface area contributed by atoms with Gasteiger partial charge in [0.25, 0.3) is 5.91 Å². The molecule has 0 spiro atoms. The molecular weight excluding hydrogens is 520 g/mol. The van der Waals surface area contributed by atoms with Gasteiger partial charge in [0.1, 0.15) is 11.6 Å². The highest BCUT2D eigenvalue weighted by atomic mass is 32.2. The second-order valence-corrected chi connectivity index (χ2v) is 11.6. The lowest BCUT2D eigenvalue weighted by Crippen LogP contribution is -2.50. The van der Waals surface area contributed by atoms with Gasteiger partial charge in [-0.1, -0.05) is 37.3 Å². The fourth-order valence-corrected chi connectivity index (χ4v) is 6.54. The van der Waals surface area contributed by atoms with E-state index >= 15 is 0 Å². The van der Waals surface area contributed by atoms with Gasteiger partial charge in [-0.15, -0.1) is 0 Å². The molecule has 2 unspecified atom stereocenters. The number of sulfone groups is 1. The number of pyridine rings is 1. The van der Waals surface area contributed by atoms with Crippen molar-refractivity contribution in [2.24, 2.45) is 0 Å². The van der Waals surface area contributed by atoms with Crippen LogP contribution in [0.25, 0.3) is 11.1 Å². The summed E-state index contributed by atoms with van der Waals surface area (Å²) in [5, 5.41) is 12.8. The number of benzene rings is 2. The fraction of sp³-hybridized carbons (Fsp3) is 0.286. The Bertz CT molecular complexity index is 1540. The molecule has 1 aliphatic rings. The summed E-state index contributed by atoms with van der Waals surface area (Å²) in [6.07, 6.45) is 1.92. The molecule has 2 aromatic heterocycles. The number of hydrogen-bond acceptors (Lipinski definition) is 8. The molecule has 1 aliphatic heterocycles. The molecule has 2 aromatic carbocycles. The van der Waals surface area contributed by atoms with Crippen molar-refractivity contribution < 1.29 is 27.5 Å². The van der Waals surface area contributed by atoms with E-state index in [-0.39, 0.29) is 23.8 Å². The molecule has 11 heteroatoms. The third-order valence-electron chi connectivity index (χ3n) is 6.98. The number of aromatic nitrogens is 2. The minimum Gasteiger partial charge on any atom is -0.438 e. The lowest BCUT2D eigenvalue weighted by Gasteiger charge is -2.27. The van der Waals surface area contributed by atoms with Crippen molar-refractivity contribution in [2.75, 3.05) is 6.54 Å². The van der Waals surface area contributed by atoms with Crippen LogP contribution >= 0.6 is 0 Å². The van der Waals surface area contributed by atoms with Gasteiger partial charge in [0.05, 0.1) is 16.2 Å². The summed E-state index contributed by atoms with van der Waals surface area (Å²) in [4.78, 5) is 36.7. The summed E-state index contributed by atoms with van der Waals surface area (Å²) < 4.78 is 32.5. The van der Waals surface area contributed by atoms with Crippen LogP contribution in [0.2, 0.25) is 0 Å². The zero-order valence-corrected chi connectivity index (χ0v) is 22.0. The van der Waals surface area contributed by atoms with Gasteiger partial charge in [-0.2, -0.15) is 0 Å². The van der Waals surface area contributed by atoms with Crippen molar-refractivity contribution in [3.63, 3.8) is 0 Å². The summed E-state index contributed by atoms with van der Waals surface area (Å²) in [7, 11) is -3.82. The molecular formula is C28H28N4O6S. The standard InChI is InChI=1S/C28H28N4O6S/c1-2-21(25(33)27-31-22-10-6-7-11-24(22)38-27)30-26(34)23-16-20(39(36,37)19-8-4-3-5-9-19)17-32(23)28(35)18-12-14-29-15-13-18/h3-15,20-21,23,25,33H,2,16-17H2,1H3,(H,30,34)/t20-,21?,23+,25?/m1/s1. The number of rotatable bonds is 8. The molecule has 1 saturated heterocycles. The van der Waals surface area contributed by atoms with Crippen LogP contribution in [-0.2, 0) is 14.6 Å². The number of para-hydroxylation sites is 2. The average molecular weight is 549 g/mol. The lowest BCUT2D eigenvalue weighted by atomic mass is 10.1. The van der Waals surface area contributed by atoms with E-state index in [4.69, 9.17) is 4.42 Å². The normalized spacial score (nSPS) is 19.1. The molecule has 202 valence electrons. The summed E-state index contributed by atoms with van der Waals surface area (Å²) in [6, 6.07) is 16.2. The third-order valence-corrected chi connectivity index (χ3v) is 9.12. The highest BCUT2D eigenvalue weighted by Gasteiger charge is 2.46. The SMILES string of the molecule is CCC(NC(=O)[C@@H]1C[C@@H](S(=O)(=O)c2ccccc2)CN1C(=O)c1ccncc1)C(O)c1nc2ccccc2o1. The van der Waals surface area contributed by atoms with E-state index in [0.717, 1.165) is 0 Å². The Labute approximate surface area is 225 Å². The predicted molar refractivity (Wildman–Crippen MR) is 142 cm³/mol. The van der Waals surface area contributed by atoms with Crippen LogP contribution in [0, 0.1) is 0 Å². The number of likely N-dealkylation sites (tertiary alicyclic amines) is 1. The molecule has 0 radical (unpaired) electrons. The van der Waals surface area contributed by atoms with Crippen molar-refractivity contribution in [3.05, 3.63) is 90.6 Å². The zero-order valence-electron chi connectivity index (χ0n) is 21.2. The maximum absolute atomic E-state index is 13.6. The van der Waals surface area contributed by atoms with Gasteiger partial charge in [0.15, 0.2) is 21.5 Å². The second-order valence-electron chi connectivity index (χ2n) is 9.41. The number of aliphatic hydroxyl groups is 1. The molecule has 2 amide bonds. The van der Waals surface area contributed by atoms with E-state index < -0.39 is 45.1 Å². The number of oxazole rings is 1. The van der Waals surface area contributed by atoms with E-state index in [2.05, 4.69) is 15.3 Å². The van der Waals surface area contributed by atoms with Gasteiger partial charge >= 0.3 is 0 Å².